The van der Waals surface area contributed by atoms with Gasteiger partial charge in [0.1, 0.15) is 11.5 Å². The maximum absolute atomic E-state index is 12.6. The third-order valence-corrected chi connectivity index (χ3v) is 4.50. The van der Waals surface area contributed by atoms with Crippen LogP contribution in [0.1, 0.15) is 44.9 Å². The van der Waals surface area contributed by atoms with Crippen LogP contribution in [0.4, 0.5) is 5.82 Å². The first kappa shape index (κ1) is 14.6. The number of hydrogen-bond donors (Lipinski definition) is 2. The van der Waals surface area contributed by atoms with Gasteiger partial charge in [-0.15, -0.1) is 0 Å². The summed E-state index contributed by atoms with van der Waals surface area (Å²) in [7, 11) is 0. The van der Waals surface area contributed by atoms with Crippen molar-refractivity contribution in [2.24, 2.45) is 0 Å². The van der Waals surface area contributed by atoms with Gasteiger partial charge >= 0.3 is 0 Å². The van der Waals surface area contributed by atoms with Crippen LogP contribution in [0.15, 0.2) is 36.4 Å². The minimum atomic E-state index is -0.266. The molecule has 4 rings (SSSR count). The summed E-state index contributed by atoms with van der Waals surface area (Å²) in [5.74, 6) is 0.349. The number of ketones is 1. The molecule has 0 radical (unpaired) electrons. The van der Waals surface area contributed by atoms with Crippen molar-refractivity contribution in [2.75, 3.05) is 5.32 Å². The Morgan fingerprint density at radius 2 is 2.00 bits per heavy atom. The number of fused-ring (bicyclic) bond motifs is 2. The van der Waals surface area contributed by atoms with Crippen LogP contribution < -0.4 is 5.32 Å². The summed E-state index contributed by atoms with van der Waals surface area (Å²) in [5, 5.41) is 3.84. The molecule has 1 aromatic carbocycles. The highest BCUT2D eigenvalue weighted by atomic mass is 16.2. The van der Waals surface area contributed by atoms with Crippen molar-refractivity contribution in [1.82, 2.24) is 9.97 Å². The Labute approximate surface area is 139 Å². The molecule has 120 valence electrons. The van der Waals surface area contributed by atoms with Crippen LogP contribution in [-0.2, 0) is 6.42 Å². The van der Waals surface area contributed by atoms with Crippen molar-refractivity contribution in [2.45, 2.75) is 26.2 Å². The topological polar surface area (TPSA) is 74.8 Å². The second kappa shape index (κ2) is 5.60. The standard InChI is InChI=1S/C19H17N3O2/c1-11-17-14(7-4-8-15(17)23)21-18(11)19(24)22-16-10-9-12-5-2-3-6-13(12)20-16/h2-3,5-6,9-10,21H,4,7-8H2,1H3,(H,20,22,24). The van der Waals surface area contributed by atoms with Gasteiger partial charge < -0.3 is 10.3 Å². The molecular weight excluding hydrogens is 302 g/mol. The van der Waals surface area contributed by atoms with Gasteiger partial charge in [0, 0.05) is 23.1 Å². The number of aryl methyl sites for hydroxylation is 1. The van der Waals surface area contributed by atoms with E-state index in [9.17, 15) is 9.59 Å². The molecule has 0 fully saturated rings. The molecule has 5 heteroatoms. The maximum Gasteiger partial charge on any atom is 0.273 e. The first-order valence-electron chi connectivity index (χ1n) is 8.05. The summed E-state index contributed by atoms with van der Waals surface area (Å²) >= 11 is 0. The Balaban J connectivity index is 1.65. The summed E-state index contributed by atoms with van der Waals surface area (Å²) in [4.78, 5) is 32.3. The van der Waals surface area contributed by atoms with E-state index < -0.39 is 0 Å². The Morgan fingerprint density at radius 3 is 2.83 bits per heavy atom. The Morgan fingerprint density at radius 1 is 1.17 bits per heavy atom. The summed E-state index contributed by atoms with van der Waals surface area (Å²) in [6.07, 6.45) is 2.20. The first-order valence-corrected chi connectivity index (χ1v) is 8.05. The molecule has 0 saturated carbocycles. The third-order valence-electron chi connectivity index (χ3n) is 4.50. The molecule has 0 bridgehead atoms. The second-order valence-corrected chi connectivity index (χ2v) is 6.10. The molecule has 1 aliphatic carbocycles. The number of carbonyl (C=O) groups is 2. The molecule has 1 aliphatic rings. The number of rotatable bonds is 2. The Kier molecular flexibility index (Phi) is 3.41. The van der Waals surface area contributed by atoms with Crippen molar-refractivity contribution in [3.8, 4) is 0 Å². The predicted molar refractivity (Wildman–Crippen MR) is 92.5 cm³/mol. The fraction of sp³-hybridized carbons (Fsp3) is 0.211. The van der Waals surface area contributed by atoms with E-state index >= 15 is 0 Å². The molecule has 0 saturated heterocycles. The molecule has 2 heterocycles. The lowest BCUT2D eigenvalue weighted by Crippen LogP contribution is -2.14. The van der Waals surface area contributed by atoms with Gasteiger partial charge in [-0.1, -0.05) is 18.2 Å². The average Bonchev–Trinajstić information content (AvgIpc) is 2.93. The van der Waals surface area contributed by atoms with Gasteiger partial charge in [0.05, 0.1) is 5.52 Å². The van der Waals surface area contributed by atoms with Crippen molar-refractivity contribution in [1.29, 1.82) is 0 Å². The summed E-state index contributed by atoms with van der Waals surface area (Å²) < 4.78 is 0. The Hall–Kier alpha value is -2.95. The second-order valence-electron chi connectivity index (χ2n) is 6.10. The van der Waals surface area contributed by atoms with E-state index in [1.54, 1.807) is 6.07 Å². The van der Waals surface area contributed by atoms with Gasteiger partial charge in [0.25, 0.3) is 5.91 Å². The third kappa shape index (κ3) is 2.38. The lowest BCUT2D eigenvalue weighted by Gasteiger charge is -2.09. The molecule has 0 atom stereocenters. The molecule has 1 amide bonds. The monoisotopic (exact) mass is 319 g/mol. The van der Waals surface area contributed by atoms with Gasteiger partial charge in [-0.2, -0.15) is 0 Å². The highest BCUT2D eigenvalue weighted by Gasteiger charge is 2.26. The fourth-order valence-electron chi connectivity index (χ4n) is 3.32. The minimum Gasteiger partial charge on any atom is -0.354 e. The highest BCUT2D eigenvalue weighted by molar-refractivity contribution is 6.08. The largest absolute Gasteiger partial charge is 0.354 e. The molecule has 0 unspecified atom stereocenters. The van der Waals surface area contributed by atoms with E-state index in [0.717, 1.165) is 35.0 Å². The SMILES string of the molecule is Cc1c(C(=O)Nc2ccc3ccccc3n2)[nH]c2c1C(=O)CCC2. The zero-order valence-electron chi connectivity index (χ0n) is 13.3. The van der Waals surface area contributed by atoms with Crippen LogP contribution in [0.2, 0.25) is 0 Å². The molecule has 24 heavy (non-hydrogen) atoms. The zero-order valence-corrected chi connectivity index (χ0v) is 13.3. The number of H-pyrrole nitrogens is 1. The van der Waals surface area contributed by atoms with Gasteiger partial charge in [0.2, 0.25) is 0 Å². The Bertz CT molecular complexity index is 972. The molecule has 2 N–H and O–H groups in total. The molecule has 3 aromatic rings. The predicted octanol–water partition coefficient (Wildman–Crippen LogP) is 3.64. The van der Waals surface area contributed by atoms with Crippen molar-refractivity contribution in [3.63, 3.8) is 0 Å². The normalized spacial score (nSPS) is 13.8. The van der Waals surface area contributed by atoms with E-state index in [1.165, 1.54) is 0 Å². The van der Waals surface area contributed by atoms with Crippen LogP contribution in [0.3, 0.4) is 0 Å². The molecule has 5 nitrogen and oxygen atoms in total. The number of aromatic amines is 1. The van der Waals surface area contributed by atoms with Crippen molar-refractivity contribution >= 4 is 28.4 Å². The number of para-hydroxylation sites is 1. The number of carbonyl (C=O) groups excluding carboxylic acids is 2. The zero-order chi connectivity index (χ0) is 16.7. The number of benzene rings is 1. The smallest absolute Gasteiger partial charge is 0.273 e. The van der Waals surface area contributed by atoms with Gasteiger partial charge in [-0.25, -0.2) is 4.98 Å². The maximum atomic E-state index is 12.6. The van der Waals surface area contributed by atoms with Crippen LogP contribution >= 0.6 is 0 Å². The van der Waals surface area contributed by atoms with Gasteiger partial charge in [-0.05, 0) is 43.5 Å². The van der Waals surface area contributed by atoms with Gasteiger partial charge in [-0.3, -0.25) is 9.59 Å². The van der Waals surface area contributed by atoms with E-state index in [0.29, 0.717) is 23.5 Å². The summed E-state index contributed by atoms with van der Waals surface area (Å²) in [6.45, 7) is 1.82. The number of hydrogen-bond acceptors (Lipinski definition) is 3. The summed E-state index contributed by atoms with van der Waals surface area (Å²) in [5.41, 5.74) is 3.57. The average molecular weight is 319 g/mol. The van der Waals surface area contributed by atoms with Crippen LogP contribution in [0, 0.1) is 6.92 Å². The minimum absolute atomic E-state index is 0.118. The van der Waals surface area contributed by atoms with Crippen molar-refractivity contribution in [3.05, 3.63) is 58.9 Å². The van der Waals surface area contributed by atoms with E-state index in [4.69, 9.17) is 0 Å². The van der Waals surface area contributed by atoms with Crippen LogP contribution in [0.5, 0.6) is 0 Å². The van der Waals surface area contributed by atoms with Crippen LogP contribution in [-0.4, -0.2) is 21.7 Å². The number of nitrogens with one attached hydrogen (secondary N) is 2. The number of Topliss-reactive ketones (excluding diaryl/α,β-unsaturated/α-hetero) is 1. The molecular formula is C19H17N3O2. The van der Waals surface area contributed by atoms with E-state index in [2.05, 4.69) is 15.3 Å². The number of amides is 1. The molecule has 0 aliphatic heterocycles. The van der Waals surface area contributed by atoms with Gasteiger partial charge in [0.15, 0.2) is 5.78 Å². The number of pyridine rings is 1. The lowest BCUT2D eigenvalue weighted by atomic mass is 9.94. The molecule has 0 spiro atoms. The summed E-state index contributed by atoms with van der Waals surface area (Å²) in [6, 6.07) is 11.4. The number of anilines is 1. The fourth-order valence-corrected chi connectivity index (χ4v) is 3.32. The lowest BCUT2D eigenvalue weighted by molar-refractivity contribution is 0.0971. The quantitative estimate of drug-likeness (QED) is 0.757. The highest BCUT2D eigenvalue weighted by Crippen LogP contribution is 2.27. The number of aromatic nitrogens is 2. The first-order chi connectivity index (χ1) is 11.6. The van der Waals surface area contributed by atoms with Crippen LogP contribution in [0.25, 0.3) is 10.9 Å². The van der Waals surface area contributed by atoms with E-state index in [1.807, 2.05) is 37.3 Å². The number of nitrogens with zero attached hydrogens (tertiary/aromatic N) is 1. The van der Waals surface area contributed by atoms with Crippen molar-refractivity contribution < 1.29 is 9.59 Å². The van der Waals surface area contributed by atoms with E-state index in [-0.39, 0.29) is 11.7 Å². The molecule has 2 aromatic heterocycles.